The van der Waals surface area contributed by atoms with E-state index in [4.69, 9.17) is 0 Å². The van der Waals surface area contributed by atoms with Crippen LogP contribution in [0.3, 0.4) is 0 Å². The molecule has 0 aliphatic heterocycles. The van der Waals surface area contributed by atoms with Crippen LogP contribution in [0.5, 0.6) is 0 Å². The molecule has 0 radical (unpaired) electrons. The van der Waals surface area contributed by atoms with Crippen molar-refractivity contribution in [2.45, 2.75) is 39.5 Å². The summed E-state index contributed by atoms with van der Waals surface area (Å²) in [5.41, 5.74) is 6.14. The quantitative estimate of drug-likeness (QED) is 0.563. The number of rotatable bonds is 1. The highest BCUT2D eigenvalue weighted by molar-refractivity contribution is 5.55. The van der Waals surface area contributed by atoms with Crippen LogP contribution in [0.4, 0.5) is 0 Å². The van der Waals surface area contributed by atoms with E-state index in [9.17, 15) is 0 Å². The molecule has 0 saturated carbocycles. The second-order valence-electron chi connectivity index (χ2n) is 4.45. The van der Waals surface area contributed by atoms with Gasteiger partial charge in [0.1, 0.15) is 0 Å². The predicted octanol–water partition coefficient (Wildman–Crippen LogP) is 4.01. The van der Waals surface area contributed by atoms with E-state index in [2.05, 4.69) is 26.5 Å². The SMILES string of the molecule is C=C1CCCC2=C1C(C(C)C)=CC2. The maximum Gasteiger partial charge on any atom is -0.0123 e. The fourth-order valence-corrected chi connectivity index (χ4v) is 2.49. The van der Waals surface area contributed by atoms with Crippen LogP contribution in [0.15, 0.2) is 34.9 Å². The Morgan fingerprint density at radius 2 is 2.08 bits per heavy atom. The van der Waals surface area contributed by atoms with Crippen molar-refractivity contribution >= 4 is 0 Å². The molecule has 2 aliphatic carbocycles. The van der Waals surface area contributed by atoms with Gasteiger partial charge in [0.2, 0.25) is 0 Å². The van der Waals surface area contributed by atoms with Crippen LogP contribution in [0.25, 0.3) is 0 Å². The summed E-state index contributed by atoms with van der Waals surface area (Å²) in [7, 11) is 0. The monoisotopic (exact) mass is 174 g/mol. The fraction of sp³-hybridized carbons (Fsp3) is 0.538. The molecular weight excluding hydrogens is 156 g/mol. The number of allylic oxidation sites excluding steroid dienone is 5. The Bertz CT molecular complexity index is 300. The Morgan fingerprint density at radius 1 is 1.31 bits per heavy atom. The molecule has 0 heteroatoms. The molecule has 0 atom stereocenters. The average molecular weight is 174 g/mol. The molecule has 2 aliphatic rings. The van der Waals surface area contributed by atoms with Gasteiger partial charge in [0, 0.05) is 0 Å². The lowest BCUT2D eigenvalue weighted by atomic mass is 9.84. The minimum Gasteiger partial charge on any atom is -0.0952 e. The Balaban J connectivity index is 2.35. The van der Waals surface area contributed by atoms with Gasteiger partial charge >= 0.3 is 0 Å². The van der Waals surface area contributed by atoms with Crippen LogP contribution in [-0.2, 0) is 0 Å². The largest absolute Gasteiger partial charge is 0.0952 e. The smallest absolute Gasteiger partial charge is 0.0123 e. The van der Waals surface area contributed by atoms with Crippen molar-refractivity contribution in [2.24, 2.45) is 5.92 Å². The number of hydrogen-bond acceptors (Lipinski definition) is 0. The summed E-state index contributed by atoms with van der Waals surface area (Å²) >= 11 is 0. The zero-order valence-corrected chi connectivity index (χ0v) is 8.69. The maximum absolute atomic E-state index is 4.19. The average Bonchev–Trinajstić information content (AvgIpc) is 2.49. The standard InChI is InChI=1S/C13H18/c1-9(2)12-8-7-11-6-4-5-10(3)13(11)12/h8-9H,3-7H2,1-2H3. The minimum atomic E-state index is 0.669. The van der Waals surface area contributed by atoms with E-state index in [1.807, 2.05) is 0 Å². The molecule has 0 heterocycles. The second kappa shape index (κ2) is 3.17. The molecule has 2 rings (SSSR count). The molecule has 13 heavy (non-hydrogen) atoms. The summed E-state index contributed by atoms with van der Waals surface area (Å²) in [5.74, 6) is 0.669. The van der Waals surface area contributed by atoms with Gasteiger partial charge in [-0.1, -0.05) is 32.1 Å². The summed E-state index contributed by atoms with van der Waals surface area (Å²) in [6.07, 6.45) is 7.44. The van der Waals surface area contributed by atoms with Gasteiger partial charge in [-0.25, -0.2) is 0 Å². The van der Waals surface area contributed by atoms with Crippen LogP contribution in [0.2, 0.25) is 0 Å². The molecular formula is C13H18. The third-order valence-corrected chi connectivity index (χ3v) is 3.14. The van der Waals surface area contributed by atoms with Crippen LogP contribution >= 0.6 is 0 Å². The molecule has 70 valence electrons. The Morgan fingerprint density at radius 3 is 2.77 bits per heavy atom. The molecule has 0 aromatic heterocycles. The van der Waals surface area contributed by atoms with E-state index in [0.717, 1.165) is 0 Å². The maximum atomic E-state index is 4.19. The van der Waals surface area contributed by atoms with Gasteiger partial charge in [-0.15, -0.1) is 0 Å². The highest BCUT2D eigenvalue weighted by Crippen LogP contribution is 2.42. The normalized spacial score (nSPS) is 22.4. The van der Waals surface area contributed by atoms with Gasteiger partial charge in [0.25, 0.3) is 0 Å². The third kappa shape index (κ3) is 1.39. The molecule has 0 aromatic rings. The van der Waals surface area contributed by atoms with Gasteiger partial charge in [0.15, 0.2) is 0 Å². The number of hydrogen-bond donors (Lipinski definition) is 0. The van der Waals surface area contributed by atoms with E-state index in [1.54, 1.807) is 16.7 Å². The summed E-state index contributed by atoms with van der Waals surface area (Å²) in [6.45, 7) is 8.75. The van der Waals surface area contributed by atoms with E-state index in [1.165, 1.54) is 31.3 Å². The first kappa shape index (κ1) is 8.80. The minimum absolute atomic E-state index is 0.669. The predicted molar refractivity (Wildman–Crippen MR) is 57.6 cm³/mol. The Kier molecular flexibility index (Phi) is 2.15. The van der Waals surface area contributed by atoms with Crippen molar-refractivity contribution in [3.63, 3.8) is 0 Å². The zero-order chi connectivity index (χ0) is 9.42. The first-order chi connectivity index (χ1) is 6.20. The molecule has 0 aromatic carbocycles. The van der Waals surface area contributed by atoms with Crippen molar-refractivity contribution < 1.29 is 0 Å². The van der Waals surface area contributed by atoms with Gasteiger partial charge in [0.05, 0.1) is 0 Å². The molecule has 0 amide bonds. The van der Waals surface area contributed by atoms with Crippen LogP contribution in [-0.4, -0.2) is 0 Å². The van der Waals surface area contributed by atoms with Crippen molar-refractivity contribution in [1.29, 1.82) is 0 Å². The molecule has 0 nitrogen and oxygen atoms in total. The summed E-state index contributed by atoms with van der Waals surface area (Å²) in [5, 5.41) is 0. The first-order valence-corrected chi connectivity index (χ1v) is 5.30. The van der Waals surface area contributed by atoms with Gasteiger partial charge in [-0.05, 0) is 48.3 Å². The molecule has 0 unspecified atom stereocenters. The van der Waals surface area contributed by atoms with E-state index in [0.29, 0.717) is 5.92 Å². The zero-order valence-electron chi connectivity index (χ0n) is 8.69. The lowest BCUT2D eigenvalue weighted by molar-refractivity contribution is 0.738. The van der Waals surface area contributed by atoms with E-state index in [-0.39, 0.29) is 0 Å². The summed E-state index contributed by atoms with van der Waals surface area (Å²) < 4.78 is 0. The van der Waals surface area contributed by atoms with Crippen LogP contribution in [0.1, 0.15) is 39.5 Å². The molecule has 0 spiro atoms. The molecule has 0 bridgehead atoms. The topological polar surface area (TPSA) is 0 Å². The van der Waals surface area contributed by atoms with Gasteiger partial charge in [-0.2, -0.15) is 0 Å². The van der Waals surface area contributed by atoms with Gasteiger partial charge < -0.3 is 0 Å². The van der Waals surface area contributed by atoms with Crippen LogP contribution in [0, 0.1) is 5.92 Å². The lowest BCUT2D eigenvalue weighted by Gasteiger charge is -2.21. The first-order valence-electron chi connectivity index (χ1n) is 5.30. The van der Waals surface area contributed by atoms with E-state index < -0.39 is 0 Å². The summed E-state index contributed by atoms with van der Waals surface area (Å²) in [6, 6.07) is 0. The highest BCUT2D eigenvalue weighted by Gasteiger charge is 2.24. The summed E-state index contributed by atoms with van der Waals surface area (Å²) in [4.78, 5) is 0. The molecule has 0 N–H and O–H groups in total. The van der Waals surface area contributed by atoms with Crippen molar-refractivity contribution in [1.82, 2.24) is 0 Å². The van der Waals surface area contributed by atoms with Crippen LogP contribution < -0.4 is 0 Å². The second-order valence-corrected chi connectivity index (χ2v) is 4.45. The molecule has 0 saturated heterocycles. The Labute approximate surface area is 81.0 Å². The van der Waals surface area contributed by atoms with Crippen molar-refractivity contribution in [3.8, 4) is 0 Å². The van der Waals surface area contributed by atoms with Gasteiger partial charge in [-0.3, -0.25) is 0 Å². The third-order valence-electron chi connectivity index (χ3n) is 3.14. The van der Waals surface area contributed by atoms with Crippen molar-refractivity contribution in [3.05, 3.63) is 34.9 Å². The highest BCUT2D eigenvalue weighted by atomic mass is 14.3. The van der Waals surface area contributed by atoms with E-state index >= 15 is 0 Å². The lowest BCUT2D eigenvalue weighted by Crippen LogP contribution is -2.03. The molecule has 0 fully saturated rings. The fourth-order valence-electron chi connectivity index (χ4n) is 2.49. The van der Waals surface area contributed by atoms with Crippen molar-refractivity contribution in [2.75, 3.05) is 0 Å². The Hall–Kier alpha value is -0.780.